The van der Waals surface area contributed by atoms with Crippen LogP contribution in [-0.2, 0) is 0 Å². The van der Waals surface area contributed by atoms with Gasteiger partial charge >= 0.3 is 0 Å². The number of nitrogens with zero attached hydrogens (tertiary/aromatic N) is 2. The highest BCUT2D eigenvalue weighted by Gasteiger charge is 2.23. The number of nitrogens with one attached hydrogen (secondary N) is 2. The standard InChI is InChI=1S/C24H40N4O2.HI/c1-3-25-24(26-17-23(29)20-9-11-22(30-2)12-10-20)27-21-13-15-28(16-14-21)18-19-7-5-4-6-8-19;/h9-12,19,21,23,29H,3-8,13-18H2,1-2H3,(H2,25,26,27);1H. The molecule has 31 heavy (non-hydrogen) atoms. The Morgan fingerprint density at radius 1 is 1.13 bits per heavy atom. The van der Waals surface area contributed by atoms with Gasteiger partial charge in [-0.15, -0.1) is 24.0 Å². The molecule has 0 spiro atoms. The third kappa shape index (κ3) is 8.77. The normalized spacial score (nSPS) is 20.0. The largest absolute Gasteiger partial charge is 0.497 e. The first-order chi connectivity index (χ1) is 14.7. The number of methoxy groups -OCH3 is 1. The first kappa shape index (κ1) is 26.2. The quantitative estimate of drug-likeness (QED) is 0.263. The minimum Gasteiger partial charge on any atom is -0.497 e. The fraction of sp³-hybridized carbons (Fsp3) is 0.708. The summed E-state index contributed by atoms with van der Waals surface area (Å²) in [5.41, 5.74) is 0.853. The van der Waals surface area contributed by atoms with E-state index in [1.54, 1.807) is 7.11 Å². The monoisotopic (exact) mass is 544 g/mol. The Balaban J connectivity index is 0.00000341. The van der Waals surface area contributed by atoms with Gasteiger partial charge in [-0.25, -0.2) is 0 Å². The van der Waals surface area contributed by atoms with Gasteiger partial charge in [0.05, 0.1) is 19.8 Å². The number of likely N-dealkylation sites (tertiary alicyclic amines) is 1. The van der Waals surface area contributed by atoms with E-state index in [1.165, 1.54) is 51.7 Å². The molecule has 1 heterocycles. The molecule has 0 radical (unpaired) electrons. The summed E-state index contributed by atoms with van der Waals surface area (Å²) in [6.45, 7) is 6.84. The number of benzene rings is 1. The van der Waals surface area contributed by atoms with Gasteiger partial charge in [0.25, 0.3) is 0 Å². The molecule has 0 amide bonds. The van der Waals surface area contributed by atoms with Crippen LogP contribution in [0.1, 0.15) is 63.5 Å². The van der Waals surface area contributed by atoms with Gasteiger partial charge in [-0.2, -0.15) is 0 Å². The lowest BCUT2D eigenvalue weighted by Gasteiger charge is -2.36. The number of aliphatic hydroxyl groups excluding tert-OH is 1. The van der Waals surface area contributed by atoms with Crippen molar-refractivity contribution in [1.82, 2.24) is 15.5 Å². The van der Waals surface area contributed by atoms with Gasteiger partial charge in [0.1, 0.15) is 5.75 Å². The zero-order chi connectivity index (χ0) is 21.2. The van der Waals surface area contributed by atoms with Crippen molar-refractivity contribution in [3.63, 3.8) is 0 Å². The average Bonchev–Trinajstić information content (AvgIpc) is 2.79. The van der Waals surface area contributed by atoms with Crippen LogP contribution in [0.25, 0.3) is 0 Å². The molecule has 1 saturated heterocycles. The van der Waals surface area contributed by atoms with Gasteiger partial charge in [-0.3, -0.25) is 4.99 Å². The molecule has 1 aliphatic carbocycles. The van der Waals surface area contributed by atoms with E-state index in [1.807, 2.05) is 24.3 Å². The fourth-order valence-electron chi connectivity index (χ4n) is 4.62. The number of hydrogen-bond acceptors (Lipinski definition) is 4. The van der Waals surface area contributed by atoms with E-state index in [2.05, 4.69) is 27.4 Å². The van der Waals surface area contributed by atoms with Crippen molar-refractivity contribution < 1.29 is 9.84 Å². The van der Waals surface area contributed by atoms with Crippen molar-refractivity contribution in [3.8, 4) is 5.75 Å². The molecule has 176 valence electrons. The summed E-state index contributed by atoms with van der Waals surface area (Å²) in [5.74, 6) is 2.51. The highest BCUT2D eigenvalue weighted by Crippen LogP contribution is 2.25. The van der Waals surface area contributed by atoms with Crippen LogP contribution in [-0.4, -0.2) is 61.8 Å². The number of aliphatic hydroxyl groups is 1. The van der Waals surface area contributed by atoms with Gasteiger partial charge in [-0.05, 0) is 56.2 Å². The number of piperidine rings is 1. The van der Waals surface area contributed by atoms with E-state index in [0.717, 1.165) is 42.6 Å². The summed E-state index contributed by atoms with van der Waals surface area (Å²) in [4.78, 5) is 7.30. The molecule has 1 aromatic carbocycles. The Labute approximate surface area is 205 Å². The Hall–Kier alpha value is -1.06. The van der Waals surface area contributed by atoms with Crippen molar-refractivity contribution >= 4 is 29.9 Å². The SMILES string of the molecule is CCNC(=NCC(O)c1ccc(OC)cc1)NC1CCN(CC2CCCCC2)CC1.I. The Bertz CT molecular complexity index is 641. The molecule has 7 heteroatoms. The van der Waals surface area contributed by atoms with Crippen molar-refractivity contribution in [2.45, 2.75) is 64.0 Å². The van der Waals surface area contributed by atoms with Crippen molar-refractivity contribution in [2.24, 2.45) is 10.9 Å². The number of rotatable bonds is 8. The lowest BCUT2D eigenvalue weighted by atomic mass is 9.88. The van der Waals surface area contributed by atoms with E-state index >= 15 is 0 Å². The van der Waals surface area contributed by atoms with Crippen LogP contribution in [0.5, 0.6) is 5.75 Å². The maximum atomic E-state index is 10.5. The predicted molar refractivity (Wildman–Crippen MR) is 139 cm³/mol. The summed E-state index contributed by atoms with van der Waals surface area (Å²) >= 11 is 0. The first-order valence-corrected chi connectivity index (χ1v) is 11.8. The molecule has 3 N–H and O–H groups in total. The summed E-state index contributed by atoms with van der Waals surface area (Å²) < 4.78 is 5.18. The summed E-state index contributed by atoms with van der Waals surface area (Å²) in [6, 6.07) is 7.96. The lowest BCUT2D eigenvalue weighted by Crippen LogP contribution is -2.49. The molecule has 1 aliphatic heterocycles. The number of ether oxygens (including phenoxy) is 1. The van der Waals surface area contributed by atoms with E-state index in [0.29, 0.717) is 12.6 Å². The highest BCUT2D eigenvalue weighted by molar-refractivity contribution is 14.0. The third-order valence-electron chi connectivity index (χ3n) is 6.44. The highest BCUT2D eigenvalue weighted by atomic mass is 127. The molecule has 3 rings (SSSR count). The minimum atomic E-state index is -0.622. The van der Waals surface area contributed by atoms with Gasteiger partial charge in [0.2, 0.25) is 0 Å². The number of aliphatic imine (C=N–C) groups is 1. The van der Waals surface area contributed by atoms with Crippen LogP contribution in [0.3, 0.4) is 0 Å². The minimum absolute atomic E-state index is 0. The Kier molecular flexibility index (Phi) is 12.0. The summed E-state index contributed by atoms with van der Waals surface area (Å²) in [6.07, 6.45) is 8.81. The molecule has 1 atom stereocenters. The third-order valence-corrected chi connectivity index (χ3v) is 6.44. The average molecular weight is 545 g/mol. The van der Waals surface area contributed by atoms with E-state index < -0.39 is 6.10 Å². The molecule has 2 fully saturated rings. The molecular formula is C24H41IN4O2. The van der Waals surface area contributed by atoms with Crippen LogP contribution in [0.15, 0.2) is 29.3 Å². The van der Waals surface area contributed by atoms with Crippen LogP contribution in [0.4, 0.5) is 0 Å². The summed E-state index contributed by atoms with van der Waals surface area (Å²) in [7, 11) is 1.64. The molecule has 0 bridgehead atoms. The van der Waals surface area contributed by atoms with E-state index in [9.17, 15) is 5.11 Å². The topological polar surface area (TPSA) is 69.1 Å². The first-order valence-electron chi connectivity index (χ1n) is 11.8. The van der Waals surface area contributed by atoms with Crippen molar-refractivity contribution in [1.29, 1.82) is 0 Å². The fourth-order valence-corrected chi connectivity index (χ4v) is 4.62. The van der Waals surface area contributed by atoms with Crippen molar-refractivity contribution in [2.75, 3.05) is 39.8 Å². The van der Waals surface area contributed by atoms with Crippen LogP contribution < -0.4 is 15.4 Å². The number of halogens is 1. The predicted octanol–water partition coefficient (Wildman–Crippen LogP) is 3.95. The summed E-state index contributed by atoms with van der Waals surface area (Å²) in [5, 5.41) is 17.4. The Morgan fingerprint density at radius 3 is 2.42 bits per heavy atom. The Morgan fingerprint density at radius 2 is 1.81 bits per heavy atom. The molecular weight excluding hydrogens is 503 g/mol. The maximum Gasteiger partial charge on any atom is 0.191 e. The molecule has 1 aromatic rings. The zero-order valence-corrected chi connectivity index (χ0v) is 21.5. The molecule has 6 nitrogen and oxygen atoms in total. The zero-order valence-electron chi connectivity index (χ0n) is 19.2. The van der Waals surface area contributed by atoms with Gasteiger partial charge in [0.15, 0.2) is 5.96 Å². The van der Waals surface area contributed by atoms with Crippen LogP contribution in [0.2, 0.25) is 0 Å². The van der Waals surface area contributed by atoms with Gasteiger partial charge in [0, 0.05) is 32.2 Å². The maximum absolute atomic E-state index is 10.5. The molecule has 1 saturated carbocycles. The van der Waals surface area contributed by atoms with E-state index in [4.69, 9.17) is 4.74 Å². The van der Waals surface area contributed by atoms with Crippen molar-refractivity contribution in [3.05, 3.63) is 29.8 Å². The molecule has 2 aliphatic rings. The number of hydrogen-bond donors (Lipinski definition) is 3. The van der Waals surface area contributed by atoms with Gasteiger partial charge < -0.3 is 25.4 Å². The number of guanidine groups is 1. The van der Waals surface area contributed by atoms with Crippen LogP contribution in [0, 0.1) is 5.92 Å². The van der Waals surface area contributed by atoms with Crippen LogP contribution >= 0.6 is 24.0 Å². The second-order valence-electron chi connectivity index (χ2n) is 8.73. The molecule has 0 aromatic heterocycles. The second kappa shape index (κ2) is 14.2. The van der Waals surface area contributed by atoms with E-state index in [-0.39, 0.29) is 24.0 Å². The smallest absolute Gasteiger partial charge is 0.191 e. The lowest BCUT2D eigenvalue weighted by molar-refractivity contribution is 0.160. The van der Waals surface area contributed by atoms with Gasteiger partial charge in [-0.1, -0.05) is 31.4 Å². The second-order valence-corrected chi connectivity index (χ2v) is 8.73. The molecule has 1 unspecified atom stereocenters.